The monoisotopic (exact) mass is 652 g/mol. The van der Waals surface area contributed by atoms with Gasteiger partial charge in [-0.2, -0.15) is 0 Å². The molecule has 0 aliphatic carbocycles. The fraction of sp³-hybridized carbons (Fsp3) is 0.455. The fourth-order valence-electron chi connectivity index (χ4n) is 4.94. The zero-order chi connectivity index (χ0) is 34.3. The van der Waals surface area contributed by atoms with E-state index in [0.717, 1.165) is 0 Å². The second kappa shape index (κ2) is 18.1. The molecule has 0 saturated carbocycles. The molecule has 0 unspecified atom stereocenters. The average Bonchev–Trinajstić information content (AvgIpc) is 3.04. The zero-order valence-electron chi connectivity index (χ0n) is 26.9. The number of hydrogen-bond donors (Lipinski definition) is 6. The summed E-state index contributed by atoms with van der Waals surface area (Å²) in [5.41, 5.74) is 5.92. The van der Waals surface area contributed by atoms with E-state index >= 15 is 0 Å². The van der Waals surface area contributed by atoms with Crippen LogP contribution in [0.25, 0.3) is 0 Å². The van der Waals surface area contributed by atoms with Crippen molar-refractivity contribution >= 4 is 35.4 Å². The highest BCUT2D eigenvalue weighted by molar-refractivity contribution is 6.01. The van der Waals surface area contributed by atoms with Crippen LogP contribution < -0.4 is 41.8 Å². The summed E-state index contributed by atoms with van der Waals surface area (Å²) < 4.78 is 11.0. The molecule has 2 aromatic rings. The Morgan fingerprint density at radius 2 is 1.66 bits per heavy atom. The molecule has 2 aromatic carbocycles. The van der Waals surface area contributed by atoms with Gasteiger partial charge in [-0.05, 0) is 55.9 Å². The van der Waals surface area contributed by atoms with Crippen molar-refractivity contribution in [1.82, 2.24) is 26.6 Å². The molecule has 1 aliphatic heterocycles. The number of benzene rings is 2. The van der Waals surface area contributed by atoms with Crippen molar-refractivity contribution in [2.45, 2.75) is 64.1 Å². The first-order valence-electron chi connectivity index (χ1n) is 15.6. The van der Waals surface area contributed by atoms with Crippen molar-refractivity contribution in [2.24, 2.45) is 11.7 Å². The van der Waals surface area contributed by atoms with Crippen molar-refractivity contribution in [3.63, 3.8) is 0 Å². The second-order valence-electron chi connectivity index (χ2n) is 11.4. The SMILES string of the molecule is COc1ccccc1C(=O)NCCCC[C@@H]1NC(=O)[C@@H](C(C)C)NC(=O)[C@H](CC(N)=O)NC(=O)c2ccccc2OCCCNC1=O. The minimum Gasteiger partial charge on any atom is -0.496 e. The van der Waals surface area contributed by atoms with Gasteiger partial charge >= 0.3 is 0 Å². The number of carbonyl (C=O) groups excluding carboxylic acids is 6. The molecule has 0 radical (unpaired) electrons. The van der Waals surface area contributed by atoms with Crippen LogP contribution in [-0.2, 0) is 19.2 Å². The maximum atomic E-state index is 13.5. The molecule has 1 heterocycles. The van der Waals surface area contributed by atoms with Gasteiger partial charge in [0.25, 0.3) is 11.8 Å². The summed E-state index contributed by atoms with van der Waals surface area (Å²) >= 11 is 0. The van der Waals surface area contributed by atoms with Crippen LogP contribution in [0.4, 0.5) is 0 Å². The Bertz CT molecular complexity index is 1430. The number of primary amides is 1. The van der Waals surface area contributed by atoms with E-state index in [9.17, 15) is 28.8 Å². The number of ether oxygens (including phenoxy) is 2. The Hall–Kier alpha value is -5.14. The number of methoxy groups -OCH3 is 1. The van der Waals surface area contributed by atoms with Crippen molar-refractivity contribution in [1.29, 1.82) is 0 Å². The summed E-state index contributed by atoms with van der Waals surface area (Å²) in [6.07, 6.45) is 1.15. The maximum Gasteiger partial charge on any atom is 0.255 e. The predicted molar refractivity (Wildman–Crippen MR) is 173 cm³/mol. The highest BCUT2D eigenvalue weighted by atomic mass is 16.5. The minimum absolute atomic E-state index is 0.139. The van der Waals surface area contributed by atoms with Gasteiger partial charge < -0.3 is 41.8 Å². The predicted octanol–water partition coefficient (Wildman–Crippen LogP) is 0.794. The standard InChI is InChI=1S/C33H44N6O8/c1-20(2)28-33(45)37-23(13-8-9-16-35-29(41)21-11-4-6-14-25(21)46-3)31(43)36-17-10-18-47-26-15-7-5-12-22(26)30(42)38-24(19-27(34)40)32(44)39-28/h4-7,11-12,14-15,20,23-24,28H,8-10,13,16-19H2,1-3H3,(H2,34,40)(H,35,41)(H,36,43)(H,37,45)(H,38,42)(H,39,44)/t23-,24-,28+/m0/s1. The molecule has 0 spiro atoms. The molecule has 14 nitrogen and oxygen atoms in total. The molecule has 3 rings (SSSR count). The Morgan fingerprint density at radius 1 is 0.936 bits per heavy atom. The van der Waals surface area contributed by atoms with Gasteiger partial charge in [0, 0.05) is 13.1 Å². The lowest BCUT2D eigenvalue weighted by molar-refractivity contribution is -0.134. The Labute approximate surface area is 273 Å². The summed E-state index contributed by atoms with van der Waals surface area (Å²) in [7, 11) is 1.49. The van der Waals surface area contributed by atoms with Crippen LogP contribution in [0.3, 0.4) is 0 Å². The molecule has 3 atom stereocenters. The van der Waals surface area contributed by atoms with Gasteiger partial charge in [0.2, 0.25) is 23.6 Å². The molecule has 0 saturated heterocycles. The van der Waals surface area contributed by atoms with Crippen molar-refractivity contribution in [3.8, 4) is 11.5 Å². The van der Waals surface area contributed by atoms with Gasteiger partial charge in [-0.1, -0.05) is 38.1 Å². The van der Waals surface area contributed by atoms with Crippen LogP contribution in [0.2, 0.25) is 0 Å². The first-order chi connectivity index (χ1) is 22.5. The van der Waals surface area contributed by atoms with E-state index in [4.69, 9.17) is 15.2 Å². The van der Waals surface area contributed by atoms with E-state index in [-0.39, 0.29) is 36.8 Å². The number of rotatable bonds is 10. The molecule has 47 heavy (non-hydrogen) atoms. The smallest absolute Gasteiger partial charge is 0.255 e. The number of para-hydroxylation sites is 2. The van der Waals surface area contributed by atoms with Crippen LogP contribution in [-0.4, -0.2) is 80.4 Å². The topological polar surface area (TPSA) is 207 Å². The molecule has 6 amide bonds. The van der Waals surface area contributed by atoms with Crippen molar-refractivity contribution in [3.05, 3.63) is 59.7 Å². The third kappa shape index (κ3) is 11.0. The van der Waals surface area contributed by atoms with E-state index in [2.05, 4.69) is 26.6 Å². The van der Waals surface area contributed by atoms with Gasteiger partial charge in [0.1, 0.15) is 29.6 Å². The summed E-state index contributed by atoms with van der Waals surface area (Å²) in [6.45, 7) is 4.15. The van der Waals surface area contributed by atoms with Crippen LogP contribution in [0.15, 0.2) is 48.5 Å². The summed E-state index contributed by atoms with van der Waals surface area (Å²) in [5, 5.41) is 13.6. The number of nitrogens with one attached hydrogen (secondary N) is 5. The van der Waals surface area contributed by atoms with Crippen molar-refractivity contribution in [2.75, 3.05) is 26.8 Å². The van der Waals surface area contributed by atoms with Crippen LogP contribution in [0.5, 0.6) is 11.5 Å². The van der Waals surface area contributed by atoms with Gasteiger partial charge in [0.05, 0.1) is 31.3 Å². The number of amides is 6. The average molecular weight is 653 g/mol. The molecule has 7 N–H and O–H groups in total. The first kappa shape index (κ1) is 36.3. The fourth-order valence-corrected chi connectivity index (χ4v) is 4.94. The maximum absolute atomic E-state index is 13.5. The molecule has 14 heteroatoms. The van der Waals surface area contributed by atoms with E-state index in [0.29, 0.717) is 37.1 Å². The van der Waals surface area contributed by atoms with E-state index in [1.165, 1.54) is 13.2 Å². The molecule has 1 aliphatic rings. The second-order valence-corrected chi connectivity index (χ2v) is 11.4. The quantitative estimate of drug-likeness (QED) is 0.202. The Balaban J connectivity index is 1.74. The largest absolute Gasteiger partial charge is 0.496 e. The number of fused-ring (bicyclic) bond motifs is 1. The van der Waals surface area contributed by atoms with Gasteiger partial charge in [0.15, 0.2) is 0 Å². The molecule has 0 bridgehead atoms. The molecule has 254 valence electrons. The number of carbonyl (C=O) groups is 6. The van der Waals surface area contributed by atoms with E-state index in [1.807, 2.05) is 0 Å². The summed E-state index contributed by atoms with van der Waals surface area (Å²) in [4.78, 5) is 77.6. The zero-order valence-corrected chi connectivity index (χ0v) is 26.9. The van der Waals surface area contributed by atoms with E-state index < -0.39 is 60.0 Å². The number of unbranched alkanes of at least 4 members (excludes halogenated alkanes) is 1. The van der Waals surface area contributed by atoms with Crippen LogP contribution in [0, 0.1) is 5.92 Å². The first-order valence-corrected chi connectivity index (χ1v) is 15.6. The Morgan fingerprint density at radius 3 is 2.38 bits per heavy atom. The minimum atomic E-state index is -1.37. The lowest BCUT2D eigenvalue weighted by atomic mass is 10.0. The van der Waals surface area contributed by atoms with Gasteiger partial charge in [-0.25, -0.2) is 0 Å². The van der Waals surface area contributed by atoms with Crippen LogP contribution in [0.1, 0.15) is 66.7 Å². The van der Waals surface area contributed by atoms with E-state index in [1.54, 1.807) is 56.3 Å². The third-order valence-electron chi connectivity index (χ3n) is 7.47. The molecular formula is C33H44N6O8. The van der Waals surface area contributed by atoms with Gasteiger partial charge in [-0.15, -0.1) is 0 Å². The Kier molecular flexibility index (Phi) is 14.0. The van der Waals surface area contributed by atoms with Crippen LogP contribution >= 0.6 is 0 Å². The number of hydrogen-bond acceptors (Lipinski definition) is 8. The lowest BCUT2D eigenvalue weighted by Crippen LogP contribution is -2.58. The molecule has 0 fully saturated rings. The highest BCUT2D eigenvalue weighted by Gasteiger charge is 2.32. The number of nitrogens with two attached hydrogens (primary N) is 1. The molecular weight excluding hydrogens is 608 g/mol. The third-order valence-corrected chi connectivity index (χ3v) is 7.47. The highest BCUT2D eigenvalue weighted by Crippen LogP contribution is 2.19. The molecule has 0 aromatic heterocycles. The summed E-state index contributed by atoms with van der Waals surface area (Å²) in [5.74, 6) is -3.32. The normalized spacial score (nSPS) is 19.5. The van der Waals surface area contributed by atoms with Gasteiger partial charge in [-0.3, -0.25) is 28.8 Å². The summed E-state index contributed by atoms with van der Waals surface area (Å²) in [6, 6.07) is 9.86. The van der Waals surface area contributed by atoms with Crippen molar-refractivity contribution < 1.29 is 38.2 Å². The lowest BCUT2D eigenvalue weighted by Gasteiger charge is -2.27.